The first-order valence-electron chi connectivity index (χ1n) is 8.91. The Hall–Kier alpha value is -3.94. The molecule has 0 saturated heterocycles. The molecule has 0 bridgehead atoms. The van der Waals surface area contributed by atoms with Crippen molar-refractivity contribution >= 4 is 40.6 Å². The van der Waals surface area contributed by atoms with Crippen LogP contribution in [0.1, 0.15) is 28.8 Å². The van der Waals surface area contributed by atoms with E-state index in [-0.39, 0.29) is 36.6 Å². The summed E-state index contributed by atoms with van der Waals surface area (Å²) in [6.45, 7) is -0.369. The van der Waals surface area contributed by atoms with E-state index in [0.29, 0.717) is 22.5 Å². The van der Waals surface area contributed by atoms with Gasteiger partial charge in [0.2, 0.25) is 5.78 Å². The molecule has 2 N–H and O–H groups in total. The minimum Gasteiger partial charge on any atom is -0.481 e. The third-order valence-corrected chi connectivity index (χ3v) is 4.73. The molecule has 8 heteroatoms. The molecule has 2 aromatic carbocycles. The third-order valence-electron chi connectivity index (χ3n) is 4.73. The number of nitrogens with one attached hydrogen (secondary N) is 1. The number of amides is 1. The van der Waals surface area contributed by atoms with E-state index < -0.39 is 17.8 Å². The number of carbonyl (C=O) groups is 4. The van der Waals surface area contributed by atoms with Gasteiger partial charge < -0.3 is 15.2 Å². The Kier molecular flexibility index (Phi) is 4.59. The lowest BCUT2D eigenvalue weighted by molar-refractivity contribution is -0.147. The van der Waals surface area contributed by atoms with Gasteiger partial charge in [0.1, 0.15) is 5.70 Å². The van der Waals surface area contributed by atoms with Crippen LogP contribution < -0.4 is 10.2 Å². The van der Waals surface area contributed by atoms with Gasteiger partial charge in [-0.25, -0.2) is 0 Å². The maximum absolute atomic E-state index is 13.1. The number of allylic oxidation sites excluding steroid dienone is 1. The second-order valence-electron chi connectivity index (χ2n) is 6.54. The monoisotopic (exact) mass is 392 g/mol. The number of anilines is 2. The number of hydrogen-bond donors (Lipinski definition) is 2. The molecule has 0 spiro atoms. The summed E-state index contributed by atoms with van der Waals surface area (Å²) in [6, 6.07) is 13.9. The molecule has 1 amide bonds. The highest BCUT2D eigenvalue weighted by Gasteiger charge is 2.39. The molecular formula is C21H16N2O6. The summed E-state index contributed by atoms with van der Waals surface area (Å²) in [7, 11) is 0. The molecule has 0 aliphatic carbocycles. The van der Waals surface area contributed by atoms with E-state index in [1.165, 1.54) is 4.90 Å². The van der Waals surface area contributed by atoms with Gasteiger partial charge in [-0.05, 0) is 18.2 Å². The number of ether oxygens (including phenoxy) is 1. The molecule has 0 aromatic heterocycles. The number of ketones is 1. The Balaban J connectivity index is 1.64. The van der Waals surface area contributed by atoms with E-state index in [1.807, 2.05) is 0 Å². The average molecular weight is 392 g/mol. The maximum atomic E-state index is 13.1. The molecule has 0 fully saturated rings. The Morgan fingerprint density at radius 2 is 1.66 bits per heavy atom. The Morgan fingerprint density at radius 1 is 0.966 bits per heavy atom. The maximum Gasteiger partial charge on any atom is 0.308 e. The predicted octanol–water partition coefficient (Wildman–Crippen LogP) is 2.42. The molecule has 4 rings (SSSR count). The number of hydrogen-bond acceptors (Lipinski definition) is 6. The van der Waals surface area contributed by atoms with Crippen molar-refractivity contribution in [2.24, 2.45) is 0 Å². The van der Waals surface area contributed by atoms with Crippen molar-refractivity contribution in [2.45, 2.75) is 12.8 Å². The van der Waals surface area contributed by atoms with Gasteiger partial charge in [0.15, 0.2) is 6.73 Å². The Morgan fingerprint density at radius 3 is 2.38 bits per heavy atom. The highest BCUT2D eigenvalue weighted by Crippen LogP contribution is 2.41. The average Bonchev–Trinajstić information content (AvgIpc) is 3.18. The predicted molar refractivity (Wildman–Crippen MR) is 103 cm³/mol. The van der Waals surface area contributed by atoms with Crippen LogP contribution in [0.2, 0.25) is 0 Å². The standard InChI is InChI=1S/C21H16N2O6/c24-16(25)9-10-17(26)29-11-23-15-8-4-2-6-13(15)18(21(23)28)19-20(27)12-5-1-3-7-14(12)22-19/h1-8,22H,9-11H2,(H,24,25)/b19-18-. The number of Topliss-reactive ketones (excluding diaryl/α,β-unsaturated/α-hetero) is 1. The van der Waals surface area contributed by atoms with Gasteiger partial charge in [0.05, 0.1) is 24.1 Å². The molecule has 8 nitrogen and oxygen atoms in total. The zero-order valence-corrected chi connectivity index (χ0v) is 15.2. The summed E-state index contributed by atoms with van der Waals surface area (Å²) in [5.74, 6) is -2.58. The van der Waals surface area contributed by atoms with E-state index in [4.69, 9.17) is 9.84 Å². The van der Waals surface area contributed by atoms with Gasteiger partial charge in [0.25, 0.3) is 5.91 Å². The number of aliphatic carboxylic acids is 1. The third kappa shape index (κ3) is 3.25. The SMILES string of the molecule is O=C(O)CCC(=O)OCN1C(=O)/C(=C2\Nc3ccccc3C2=O)c2ccccc21. The van der Waals surface area contributed by atoms with Crippen molar-refractivity contribution < 1.29 is 29.0 Å². The van der Waals surface area contributed by atoms with Gasteiger partial charge in [-0.15, -0.1) is 0 Å². The zero-order valence-electron chi connectivity index (χ0n) is 15.2. The second kappa shape index (κ2) is 7.23. The summed E-state index contributed by atoms with van der Waals surface area (Å²) in [5.41, 5.74) is 2.58. The number of esters is 1. The van der Waals surface area contributed by atoms with Crippen LogP contribution in [-0.4, -0.2) is 35.5 Å². The molecule has 2 heterocycles. The van der Waals surface area contributed by atoms with Gasteiger partial charge in [-0.3, -0.25) is 24.1 Å². The first-order valence-corrected chi connectivity index (χ1v) is 8.91. The number of benzene rings is 2. The van der Waals surface area contributed by atoms with Gasteiger partial charge in [0, 0.05) is 16.8 Å². The molecule has 2 aliphatic heterocycles. The molecule has 0 unspecified atom stereocenters. The van der Waals surface area contributed by atoms with Gasteiger partial charge in [-0.1, -0.05) is 30.3 Å². The molecule has 0 saturated carbocycles. The van der Waals surface area contributed by atoms with Crippen LogP contribution in [0, 0.1) is 0 Å². The second-order valence-corrected chi connectivity index (χ2v) is 6.54. The first-order chi connectivity index (χ1) is 14.0. The van der Waals surface area contributed by atoms with E-state index >= 15 is 0 Å². The summed E-state index contributed by atoms with van der Waals surface area (Å²) in [4.78, 5) is 49.5. The lowest BCUT2D eigenvalue weighted by Gasteiger charge is -2.16. The van der Waals surface area contributed by atoms with Crippen molar-refractivity contribution in [3.05, 3.63) is 65.4 Å². The van der Waals surface area contributed by atoms with Crippen molar-refractivity contribution in [1.29, 1.82) is 0 Å². The Bertz CT molecular complexity index is 1090. The van der Waals surface area contributed by atoms with Crippen LogP contribution in [0.25, 0.3) is 5.57 Å². The number of carboxylic acid groups (broad SMARTS) is 1. The van der Waals surface area contributed by atoms with Gasteiger partial charge >= 0.3 is 11.9 Å². The van der Waals surface area contributed by atoms with Crippen molar-refractivity contribution in [2.75, 3.05) is 16.9 Å². The van der Waals surface area contributed by atoms with E-state index in [1.54, 1.807) is 48.5 Å². The highest BCUT2D eigenvalue weighted by molar-refractivity contribution is 6.39. The highest BCUT2D eigenvalue weighted by atomic mass is 16.5. The number of carbonyl (C=O) groups excluding carboxylic acids is 3. The van der Waals surface area contributed by atoms with Crippen LogP contribution in [0.4, 0.5) is 11.4 Å². The topological polar surface area (TPSA) is 113 Å². The van der Waals surface area contributed by atoms with E-state index in [9.17, 15) is 19.2 Å². The fourth-order valence-electron chi connectivity index (χ4n) is 3.36. The molecular weight excluding hydrogens is 376 g/mol. The van der Waals surface area contributed by atoms with Crippen molar-refractivity contribution in [3.63, 3.8) is 0 Å². The molecule has 29 heavy (non-hydrogen) atoms. The zero-order chi connectivity index (χ0) is 20.5. The lowest BCUT2D eigenvalue weighted by Crippen LogP contribution is -2.31. The fourth-order valence-corrected chi connectivity index (χ4v) is 3.36. The number of fused-ring (bicyclic) bond motifs is 2. The summed E-state index contributed by atoms with van der Waals surface area (Å²) in [5, 5.41) is 11.7. The van der Waals surface area contributed by atoms with Crippen LogP contribution in [0.15, 0.2) is 54.2 Å². The quantitative estimate of drug-likeness (QED) is 0.593. The van der Waals surface area contributed by atoms with Crippen LogP contribution in [-0.2, 0) is 19.1 Å². The van der Waals surface area contributed by atoms with Crippen LogP contribution in [0.3, 0.4) is 0 Å². The largest absolute Gasteiger partial charge is 0.481 e. The summed E-state index contributed by atoms with van der Waals surface area (Å²) >= 11 is 0. The molecule has 0 radical (unpaired) electrons. The Labute approximate surface area is 165 Å². The van der Waals surface area contributed by atoms with Gasteiger partial charge in [-0.2, -0.15) is 0 Å². The smallest absolute Gasteiger partial charge is 0.308 e. The van der Waals surface area contributed by atoms with Crippen LogP contribution in [0.5, 0.6) is 0 Å². The fraction of sp³-hybridized carbons (Fsp3) is 0.143. The minimum atomic E-state index is -1.11. The first kappa shape index (κ1) is 18.4. The molecule has 2 aromatic rings. The van der Waals surface area contributed by atoms with Crippen molar-refractivity contribution in [3.8, 4) is 0 Å². The molecule has 2 aliphatic rings. The summed E-state index contributed by atoms with van der Waals surface area (Å²) in [6.07, 6.45) is -0.641. The van der Waals surface area contributed by atoms with Crippen LogP contribution >= 0.6 is 0 Å². The lowest BCUT2D eigenvalue weighted by atomic mass is 10.0. The van der Waals surface area contributed by atoms with Crippen molar-refractivity contribution in [1.82, 2.24) is 0 Å². The minimum absolute atomic E-state index is 0.184. The molecule has 0 atom stereocenters. The van der Waals surface area contributed by atoms with E-state index in [0.717, 1.165) is 0 Å². The molecule has 146 valence electrons. The number of para-hydroxylation sites is 2. The normalized spacial score (nSPS) is 17.0. The number of nitrogens with zero attached hydrogens (tertiary/aromatic N) is 1. The summed E-state index contributed by atoms with van der Waals surface area (Å²) < 4.78 is 5.08. The number of rotatable bonds is 5. The number of carboxylic acids is 1. The van der Waals surface area contributed by atoms with E-state index in [2.05, 4.69) is 5.32 Å².